The zero-order valence-corrected chi connectivity index (χ0v) is 83.5. The fourth-order valence-corrected chi connectivity index (χ4v) is 21.3. The number of aryl methyl sites for hydroxylation is 5. The molecule has 2 aliphatic carbocycles. The summed E-state index contributed by atoms with van der Waals surface area (Å²) in [6, 6.07) is 67.0. The monoisotopic (exact) mass is 2070 g/mol. The van der Waals surface area contributed by atoms with E-state index in [1.807, 2.05) is 159 Å². The van der Waals surface area contributed by atoms with Crippen molar-refractivity contribution >= 4 is 131 Å². The zero-order valence-electron chi connectivity index (χ0n) is 82.0. The smallest absolute Gasteiger partial charge is 0.406 e. The van der Waals surface area contributed by atoms with Crippen LogP contribution in [-0.4, -0.2) is 154 Å². The molecule has 0 bridgehead atoms. The van der Waals surface area contributed by atoms with E-state index < -0.39 is 24.8 Å². The second kappa shape index (κ2) is 43.0. The molecule has 4 saturated heterocycles. The lowest BCUT2D eigenvalue weighted by Gasteiger charge is -2.57. The number of H-pyrrole nitrogens is 1. The first kappa shape index (κ1) is 101. The predicted molar refractivity (Wildman–Crippen MR) is 558 cm³/mol. The van der Waals surface area contributed by atoms with Crippen LogP contribution in [0.3, 0.4) is 0 Å². The number of alkyl halides is 9. The quantitative estimate of drug-likeness (QED) is 0.0395. The third-order valence-corrected chi connectivity index (χ3v) is 29.2. The highest BCUT2D eigenvalue weighted by atomic mass is 35.5. The van der Waals surface area contributed by atoms with Gasteiger partial charge in [0, 0.05) is 143 Å². The minimum atomic E-state index is -4.69. The van der Waals surface area contributed by atoms with Gasteiger partial charge in [0.25, 0.3) is 29.6 Å². The van der Waals surface area contributed by atoms with Crippen molar-refractivity contribution in [3.8, 4) is 11.5 Å². The highest BCUT2D eigenvalue weighted by Gasteiger charge is 2.53. The van der Waals surface area contributed by atoms with Crippen molar-refractivity contribution < 1.29 is 68.2 Å². The number of nitrogens with zero attached hydrogens (tertiary/aromatic N) is 14. The number of piperidine rings is 3. The fraction of sp³-hybridized carbons (Fsp3) is 0.319. The van der Waals surface area contributed by atoms with Gasteiger partial charge in [0.2, 0.25) is 0 Å². The number of aromatic nitrogens is 11. The molecular weight excluding hydrogens is 1960 g/mol. The maximum Gasteiger partial charge on any atom is 0.573 e. The summed E-state index contributed by atoms with van der Waals surface area (Å²) in [4.78, 5) is 91.9. The lowest BCUT2D eigenvalue weighted by Crippen LogP contribution is -2.63. The third kappa shape index (κ3) is 23.6. The van der Waals surface area contributed by atoms with E-state index in [4.69, 9.17) is 38.2 Å². The van der Waals surface area contributed by atoms with Gasteiger partial charge >= 0.3 is 12.7 Å². The maximum absolute atomic E-state index is 13.5. The molecule has 5 N–H and O–H groups in total. The van der Waals surface area contributed by atoms with Gasteiger partial charge in [0.05, 0.1) is 60.3 Å². The molecule has 23 rings (SSSR count). The van der Waals surface area contributed by atoms with Crippen LogP contribution in [0.15, 0.2) is 237 Å². The Morgan fingerprint density at radius 2 is 0.859 bits per heavy atom. The van der Waals surface area contributed by atoms with E-state index >= 15 is 0 Å². The Labute approximate surface area is 862 Å². The third-order valence-electron chi connectivity index (χ3n) is 28.8. The molecule has 15 heterocycles. The Kier molecular flexibility index (Phi) is 29.2. The molecule has 36 heteroatoms. The molecule has 25 nitrogen and oxygen atoms in total. The number of imidazole rings is 2. The minimum Gasteiger partial charge on any atom is -0.406 e. The summed E-state index contributed by atoms with van der Waals surface area (Å²) in [6.07, 6.45) is 5.54. The number of hydrogen-bond acceptors (Lipinski definition) is 17. The van der Waals surface area contributed by atoms with Crippen molar-refractivity contribution in [1.29, 1.82) is 0 Å². The van der Waals surface area contributed by atoms with Crippen LogP contribution in [0, 0.1) is 12.3 Å². The van der Waals surface area contributed by atoms with Gasteiger partial charge in [-0.15, -0.1) is 26.3 Å². The van der Waals surface area contributed by atoms with Gasteiger partial charge in [-0.3, -0.25) is 28.0 Å². The summed E-state index contributed by atoms with van der Waals surface area (Å²) in [5, 5.41) is 21.5. The Balaban J connectivity index is 0.000000121. The van der Waals surface area contributed by atoms with Crippen LogP contribution in [0.5, 0.6) is 11.5 Å². The first-order valence-corrected chi connectivity index (χ1v) is 51.0. The molecule has 1 spiro atoms. The molecule has 17 aromatic rings. The second-order valence-corrected chi connectivity index (χ2v) is 39.9. The number of halogens is 11. The van der Waals surface area contributed by atoms with Crippen molar-refractivity contribution in [1.82, 2.24) is 74.6 Å². The van der Waals surface area contributed by atoms with Crippen molar-refractivity contribution in [2.45, 2.75) is 173 Å². The number of benzene rings is 6. The predicted octanol–water partition coefficient (Wildman–Crippen LogP) is 23.3. The van der Waals surface area contributed by atoms with Crippen LogP contribution in [0.1, 0.15) is 193 Å². The Morgan fingerprint density at radius 1 is 0.456 bits per heavy atom. The molecule has 11 aromatic heterocycles. The number of carbonyl (C=O) groups is 4. The van der Waals surface area contributed by atoms with Crippen LogP contribution in [0.2, 0.25) is 10.0 Å². The largest absolute Gasteiger partial charge is 0.573 e. The van der Waals surface area contributed by atoms with E-state index in [-0.39, 0.29) is 65.2 Å². The molecule has 6 aromatic carbocycles. The molecule has 6 aliphatic rings. The summed E-state index contributed by atoms with van der Waals surface area (Å²) in [6.45, 7) is 12.9. The summed E-state index contributed by atoms with van der Waals surface area (Å²) >= 11 is 12.3. The summed E-state index contributed by atoms with van der Waals surface area (Å²) in [5.74, 6) is 0.391. The average molecular weight is 2070 g/mol. The Morgan fingerprint density at radius 3 is 1.27 bits per heavy atom. The molecule has 4 aliphatic heterocycles. The number of aromatic amines is 1. The highest BCUT2D eigenvalue weighted by Crippen LogP contribution is 2.51. The highest BCUT2D eigenvalue weighted by molar-refractivity contribution is 6.31. The number of hydrogen-bond donors (Lipinski definition) is 5. The molecule has 5 fully saturated rings. The van der Waals surface area contributed by atoms with Crippen molar-refractivity contribution in [3.05, 3.63) is 331 Å². The first-order valence-electron chi connectivity index (χ1n) is 50.2. The van der Waals surface area contributed by atoms with Crippen LogP contribution in [0.4, 0.5) is 62.8 Å². The number of anilines is 4. The number of ether oxygens (including phenoxy) is 2. The Hall–Kier alpha value is -15.1. The number of carbonyl (C=O) groups excluding carboxylic acids is 4. The molecule has 4 amide bonds. The topological polar surface area (TPSA) is 267 Å². The number of nitrogens with one attached hydrogen (secondary N) is 5. The van der Waals surface area contributed by atoms with Crippen LogP contribution >= 0.6 is 23.2 Å². The molecule has 768 valence electrons. The SMILES string of the molecule is CCc1nc2ccc(Cl)cn2c1C(=O)NCc1ccc2nc(N3CC4(CC(F)C4)C3)ccc2c1.CCc1nc2ccc(Cl)cn2c1C(=O)NCc1ccc2nc(N3CCC(F)(F)CC3)ccc2c1.Cc1nn2ccccc2c1C(=O)NCc1ccc2nc(N3CCC(c4ccc(OC(F)(F)F)cc4)CC3)ccc2c1.O=C(NCc1ccc2nc(N3CCC(c4ccc(OC(F)(F)F)cc4)CC3)ccc2c1)c1cc2c([nH]1)CCCC2. The van der Waals surface area contributed by atoms with E-state index in [0.29, 0.717) is 126 Å². The lowest BCUT2D eigenvalue weighted by atomic mass is 9.62. The van der Waals surface area contributed by atoms with Crippen molar-refractivity contribution in [3.63, 3.8) is 0 Å². The van der Waals surface area contributed by atoms with Gasteiger partial charge in [0.15, 0.2) is 0 Å². The molecule has 0 unspecified atom stereocenters. The normalized spacial score (nSPS) is 15.8. The van der Waals surface area contributed by atoms with Gasteiger partial charge in [-0.25, -0.2) is 47.6 Å². The van der Waals surface area contributed by atoms with E-state index in [1.54, 1.807) is 68.2 Å². The number of amides is 4. The molecule has 0 atom stereocenters. The minimum absolute atomic E-state index is 0.0862. The zero-order chi connectivity index (χ0) is 104. The van der Waals surface area contributed by atoms with Gasteiger partial charge in [-0.05, 0) is 299 Å². The van der Waals surface area contributed by atoms with Crippen molar-refractivity contribution in [2.75, 3.05) is 72.0 Å². The molecule has 1 saturated carbocycles. The van der Waals surface area contributed by atoms with E-state index in [9.17, 15) is 58.7 Å². The fourth-order valence-electron chi connectivity index (χ4n) is 21.0. The summed E-state index contributed by atoms with van der Waals surface area (Å²) in [7, 11) is 0. The standard InChI is InChI=1S/C31H28F3N5O2.C31H31F3N4O2.C26H25ClFN5O.C25H24ClF2N5O/c1-20-29(27-4-2-3-15-39(27)37-20)30(40)35-19-21-5-11-26-24(18-21)8-12-28(36-26)38-16-13-23(14-17-38)22-6-9-25(10-7-22)41-31(32,33)34;32-31(33,34)40-25-9-6-21(7-10-25)22-13-15-38(16-14-22)29-12-8-24-17-20(5-11-27(24)37-29)19-35-30(39)28-18-23-3-1-2-4-26(23)36-28;1-2-20-24(33-13-18(27)5-8-23(33)30-20)25(34)29-12-16-3-6-21-17(9-16)4-7-22(31-21)32-14-26(15-32)10-19(28)11-26;1-2-19-23(33-15-18(26)5-8-22(33)30-19)24(34)29-14-16-3-6-20-17(13-16)4-7-21(31-20)32-11-9-25(27,28)10-12-32/h2-12,15,18,23H,13-14,16-17,19H2,1H3,(H,35,40);5-12,17-18,22,36H,1-4,13-16,19H2,(H,35,39);3-9,13,19H,2,10-12,14-15H2,1H3,(H,29,34);3-8,13,15H,2,9-12,14H2,1H3,(H,29,34). The van der Waals surface area contributed by atoms with Crippen molar-refractivity contribution in [2.24, 2.45) is 5.41 Å². The van der Waals surface area contributed by atoms with Crippen LogP contribution < -0.4 is 50.3 Å². The van der Waals surface area contributed by atoms with Crippen LogP contribution in [0.25, 0.3) is 60.4 Å². The van der Waals surface area contributed by atoms with E-state index in [1.165, 1.54) is 48.4 Å². The van der Waals surface area contributed by atoms with Gasteiger partial charge in [0.1, 0.15) is 69.3 Å². The van der Waals surface area contributed by atoms with E-state index in [0.717, 1.165) is 183 Å². The summed E-state index contributed by atoms with van der Waals surface area (Å²) < 4.78 is 128. The van der Waals surface area contributed by atoms with E-state index in [2.05, 4.69) is 94.7 Å². The van der Waals surface area contributed by atoms with Gasteiger partial charge in [-0.1, -0.05) is 91.6 Å². The Bertz CT molecular complexity index is 7810. The maximum atomic E-state index is 13.5. The van der Waals surface area contributed by atoms with Crippen LogP contribution in [-0.2, 0) is 51.9 Å². The van der Waals surface area contributed by atoms with Gasteiger partial charge < -0.3 is 55.3 Å². The molecule has 0 radical (unpaired) electrons. The first-order chi connectivity index (χ1) is 71.8. The molecular formula is C113H108Cl2F9N19O6. The number of fused-ring (bicyclic) bond motifs is 8. The lowest BCUT2D eigenvalue weighted by molar-refractivity contribution is -0.275. The molecule has 149 heavy (non-hydrogen) atoms. The summed E-state index contributed by atoms with van der Waals surface area (Å²) in [5.41, 5.74) is 18.6. The number of rotatable bonds is 22. The van der Waals surface area contributed by atoms with Gasteiger partial charge in [-0.2, -0.15) is 5.10 Å². The second-order valence-electron chi connectivity index (χ2n) is 39.0. The average Bonchev–Trinajstić information content (AvgIpc) is 1.73. The number of pyridine rings is 7.